The van der Waals surface area contributed by atoms with Crippen LogP contribution in [-0.4, -0.2) is 73.7 Å². The number of benzene rings is 6. The molecule has 10 rings (SSSR count). The summed E-state index contributed by atoms with van der Waals surface area (Å²) in [5, 5.41) is 14.6. The monoisotopic (exact) mass is 961 g/mol. The van der Waals surface area contributed by atoms with E-state index in [1.54, 1.807) is 36.9 Å². The van der Waals surface area contributed by atoms with Crippen LogP contribution >= 0.6 is 0 Å². The van der Waals surface area contributed by atoms with Crippen molar-refractivity contribution < 1.29 is 4.74 Å². The van der Waals surface area contributed by atoms with E-state index in [4.69, 9.17) is 24.7 Å². The molecule has 0 aliphatic rings. The maximum atomic E-state index is 11.9. The van der Waals surface area contributed by atoms with Gasteiger partial charge in [-0.15, -0.1) is 0 Å². The number of rotatable bonds is 17. The van der Waals surface area contributed by atoms with E-state index >= 15 is 0 Å². The molecule has 10 aromatic rings. The van der Waals surface area contributed by atoms with E-state index in [9.17, 15) is 11.8 Å². The third-order valence-corrected chi connectivity index (χ3v) is 13.7. The molecule has 0 radical (unpaired) electrons. The average molecular weight is 962 g/mol. The number of nitriles is 1. The SMILES string of the molecule is [C-]#[N+]/C(c1ncccn1)=c1\c2c(-c3ccccc3C)n(B(c3ccccc3)c3ccccc3)/c(=C(/C#N)c3ncccn3)c2c(-c2ccc(OCCCN(CC)CC)cc2)n1B(c1ccccc1)c1ccccc1. The van der Waals surface area contributed by atoms with E-state index in [0.717, 1.165) is 92.5 Å². The summed E-state index contributed by atoms with van der Waals surface area (Å²) in [6, 6.07) is 64.4. The lowest BCUT2D eigenvalue weighted by atomic mass is 9.50. The van der Waals surface area contributed by atoms with Gasteiger partial charge in [0.05, 0.1) is 18.5 Å². The van der Waals surface area contributed by atoms with Crippen LogP contribution in [0.4, 0.5) is 0 Å². The number of aromatic nitrogens is 6. The molecule has 0 aliphatic heterocycles. The predicted molar refractivity (Wildman–Crippen MR) is 301 cm³/mol. The highest BCUT2D eigenvalue weighted by atomic mass is 16.5. The minimum Gasteiger partial charge on any atom is -0.494 e. The van der Waals surface area contributed by atoms with Crippen molar-refractivity contribution in [3.63, 3.8) is 0 Å². The summed E-state index contributed by atoms with van der Waals surface area (Å²) in [4.78, 5) is 26.2. The number of nitrogens with zero attached hydrogens (tertiary/aromatic N) is 9. The Morgan fingerprint density at radius 1 is 0.581 bits per heavy atom. The van der Waals surface area contributed by atoms with E-state index in [1.165, 1.54) is 0 Å². The van der Waals surface area contributed by atoms with Crippen LogP contribution < -0.4 is 37.3 Å². The Hall–Kier alpha value is -9.09. The largest absolute Gasteiger partial charge is 0.494 e. The van der Waals surface area contributed by atoms with Crippen molar-refractivity contribution in [1.29, 1.82) is 5.26 Å². The first kappa shape index (κ1) is 48.5. The van der Waals surface area contributed by atoms with Crippen LogP contribution in [0.1, 0.15) is 37.5 Å². The molecule has 4 heterocycles. The van der Waals surface area contributed by atoms with Gasteiger partial charge in [-0.3, -0.25) is 0 Å². The van der Waals surface area contributed by atoms with E-state index in [-0.39, 0.29) is 22.9 Å². The zero-order valence-electron chi connectivity index (χ0n) is 41.8. The average Bonchev–Trinajstić information content (AvgIpc) is 4.03. The molecule has 0 spiro atoms. The molecular weight excluding hydrogens is 908 g/mol. The van der Waals surface area contributed by atoms with Gasteiger partial charge in [-0.2, -0.15) is 5.26 Å². The second kappa shape index (κ2) is 22.5. The molecular formula is C62H53B2N9O. The van der Waals surface area contributed by atoms with Crippen LogP contribution in [0.15, 0.2) is 207 Å². The Labute approximate surface area is 433 Å². The third kappa shape index (κ3) is 9.55. The fourth-order valence-corrected chi connectivity index (χ4v) is 10.3. The van der Waals surface area contributed by atoms with E-state index < -0.39 is 13.7 Å². The molecule has 0 bridgehead atoms. The molecule has 6 aromatic carbocycles. The summed E-state index contributed by atoms with van der Waals surface area (Å²) in [6.45, 7) is 18.3. The summed E-state index contributed by atoms with van der Waals surface area (Å²) in [5.74, 6) is 1.28. The lowest BCUT2D eigenvalue weighted by Crippen LogP contribution is -2.54. The summed E-state index contributed by atoms with van der Waals surface area (Å²) in [5.41, 5.74) is 8.79. The summed E-state index contributed by atoms with van der Waals surface area (Å²) < 4.78 is 11.1. The van der Waals surface area contributed by atoms with E-state index in [1.807, 2.05) is 42.5 Å². The summed E-state index contributed by atoms with van der Waals surface area (Å²) in [6.07, 6.45) is 7.60. The Morgan fingerprint density at radius 3 is 1.51 bits per heavy atom. The van der Waals surface area contributed by atoms with Crippen molar-refractivity contribution >= 4 is 57.6 Å². The summed E-state index contributed by atoms with van der Waals surface area (Å²) >= 11 is 0. The highest BCUT2D eigenvalue weighted by Crippen LogP contribution is 2.38. The second-order valence-electron chi connectivity index (χ2n) is 18.0. The number of hydrogen-bond donors (Lipinski definition) is 0. The van der Waals surface area contributed by atoms with Gasteiger partial charge in [0.15, 0.2) is 11.6 Å². The molecule has 0 fully saturated rings. The number of aryl methyl sites for hydroxylation is 1. The highest BCUT2D eigenvalue weighted by molar-refractivity contribution is 6.85. The van der Waals surface area contributed by atoms with Crippen LogP contribution in [0.5, 0.6) is 5.75 Å². The zero-order chi connectivity index (χ0) is 50.8. The molecule has 0 N–H and O–H groups in total. The first-order valence-corrected chi connectivity index (χ1v) is 25.1. The highest BCUT2D eigenvalue weighted by Gasteiger charge is 2.37. The van der Waals surface area contributed by atoms with Gasteiger partial charge < -0.3 is 18.6 Å². The van der Waals surface area contributed by atoms with Gasteiger partial charge in [0, 0.05) is 64.4 Å². The van der Waals surface area contributed by atoms with E-state index in [0.29, 0.717) is 17.3 Å². The minimum absolute atomic E-state index is 0.246. The first-order chi connectivity index (χ1) is 36.5. The topological polar surface area (TPSA) is 102 Å². The van der Waals surface area contributed by atoms with Crippen molar-refractivity contribution in [3.8, 4) is 34.3 Å². The predicted octanol–water partition coefficient (Wildman–Crippen LogP) is 7.88. The number of ether oxygens (including phenoxy) is 1. The maximum Gasteiger partial charge on any atom is 0.328 e. The van der Waals surface area contributed by atoms with Gasteiger partial charge >= 0.3 is 13.7 Å². The quantitative estimate of drug-likeness (QED) is 0.0520. The number of hydrogen-bond acceptors (Lipinski definition) is 7. The van der Waals surface area contributed by atoms with Crippen LogP contribution in [0.3, 0.4) is 0 Å². The number of fused-ring (bicyclic) bond motifs is 1. The first-order valence-electron chi connectivity index (χ1n) is 25.1. The minimum atomic E-state index is -0.519. The third-order valence-electron chi connectivity index (χ3n) is 13.7. The molecule has 74 heavy (non-hydrogen) atoms. The second-order valence-corrected chi connectivity index (χ2v) is 18.0. The molecule has 4 aromatic heterocycles. The fourth-order valence-electron chi connectivity index (χ4n) is 10.3. The Morgan fingerprint density at radius 2 is 1.04 bits per heavy atom. The van der Waals surface area contributed by atoms with Crippen LogP contribution in [0, 0.1) is 24.8 Å². The maximum absolute atomic E-state index is 11.9. The van der Waals surface area contributed by atoms with Crippen LogP contribution in [0.2, 0.25) is 0 Å². The van der Waals surface area contributed by atoms with Gasteiger partial charge in [-0.1, -0.05) is 181 Å². The van der Waals surface area contributed by atoms with Gasteiger partial charge in [0.1, 0.15) is 17.4 Å². The molecule has 0 amide bonds. The fraction of sp³-hybridized carbons (Fsp3) is 0.129. The summed E-state index contributed by atoms with van der Waals surface area (Å²) in [7, 11) is 0. The Balaban J connectivity index is 1.50. The molecule has 358 valence electrons. The molecule has 12 heteroatoms. The van der Waals surface area contributed by atoms with Gasteiger partial charge in [0.25, 0.3) is 5.70 Å². The van der Waals surface area contributed by atoms with Crippen LogP contribution in [0.25, 0.3) is 49.4 Å². The standard InChI is InChI=1S/C62H53B2N9O/c1-5-71(6-2)42-23-43-74-51-36-34-46(35-37-51)57-54-55(60(56(66-4)62-69-40-22-41-70-62)72(57)63(47-25-11-7-12-26-47)48-27-13-8-14-28-48)58(52-33-20-19-24-45(52)3)73(59(54)53(44-65)61-67-38-21-39-68-61)64(49-29-15-9-16-30-49)50-31-17-10-18-32-50/h7-22,24-41H,5-6,23,42-43H2,1-3H3/b59-53-,60-56+. The molecule has 0 saturated heterocycles. The van der Waals surface area contributed by atoms with Crippen molar-refractivity contribution in [2.24, 2.45) is 0 Å². The molecule has 0 saturated carbocycles. The van der Waals surface area contributed by atoms with Crippen molar-refractivity contribution in [1.82, 2.24) is 33.8 Å². The van der Waals surface area contributed by atoms with E-state index in [2.05, 4.69) is 173 Å². The van der Waals surface area contributed by atoms with Crippen molar-refractivity contribution in [3.05, 3.63) is 246 Å². The molecule has 0 atom stereocenters. The lowest BCUT2D eigenvalue weighted by Gasteiger charge is -2.25. The van der Waals surface area contributed by atoms with Crippen molar-refractivity contribution in [2.75, 3.05) is 26.2 Å². The van der Waals surface area contributed by atoms with Gasteiger partial charge in [0.2, 0.25) is 0 Å². The molecule has 0 unspecified atom stereocenters. The van der Waals surface area contributed by atoms with Crippen molar-refractivity contribution in [2.45, 2.75) is 27.2 Å². The normalized spacial score (nSPS) is 12.0. The smallest absolute Gasteiger partial charge is 0.328 e. The van der Waals surface area contributed by atoms with Crippen LogP contribution in [-0.2, 0) is 0 Å². The van der Waals surface area contributed by atoms with Gasteiger partial charge in [-0.25, -0.2) is 24.8 Å². The lowest BCUT2D eigenvalue weighted by molar-refractivity contribution is 0.249. The van der Waals surface area contributed by atoms with Gasteiger partial charge in [-0.05, 0) is 74.0 Å². The Kier molecular flexibility index (Phi) is 14.8. The molecule has 0 aliphatic carbocycles. The Bertz CT molecular complexity index is 3590. The molecule has 10 nitrogen and oxygen atoms in total. The zero-order valence-corrected chi connectivity index (χ0v) is 41.8.